The lowest BCUT2D eigenvalue weighted by Crippen LogP contribution is -2.41. The topological polar surface area (TPSA) is 79.8 Å². The summed E-state index contributed by atoms with van der Waals surface area (Å²) in [5.74, 6) is -0.821. The highest BCUT2D eigenvalue weighted by molar-refractivity contribution is 6.35. The van der Waals surface area contributed by atoms with Gasteiger partial charge in [0, 0.05) is 6.04 Å². The second-order valence-electron chi connectivity index (χ2n) is 4.10. The van der Waals surface area contributed by atoms with E-state index in [1.165, 1.54) is 6.21 Å². The summed E-state index contributed by atoms with van der Waals surface area (Å²) in [6.07, 6.45) is 1.43. The van der Waals surface area contributed by atoms with Crippen LogP contribution in [0.5, 0.6) is 5.75 Å². The minimum atomic E-state index is -0.798. The quantitative estimate of drug-likeness (QED) is 0.476. The zero-order chi connectivity index (χ0) is 14.3. The third-order valence-electron chi connectivity index (χ3n) is 2.10. The number of rotatable bonds is 4. The monoisotopic (exact) mass is 263 g/mol. The summed E-state index contributed by atoms with van der Waals surface area (Å²) in [5, 5.41) is 6.17. The van der Waals surface area contributed by atoms with Crippen LogP contribution in [0.15, 0.2) is 29.4 Å². The van der Waals surface area contributed by atoms with Crippen LogP contribution in [0.1, 0.15) is 19.4 Å². The first-order valence-electron chi connectivity index (χ1n) is 5.81. The van der Waals surface area contributed by atoms with Gasteiger partial charge in [0.2, 0.25) is 0 Å². The first-order chi connectivity index (χ1) is 9.02. The van der Waals surface area contributed by atoms with Gasteiger partial charge < -0.3 is 10.1 Å². The van der Waals surface area contributed by atoms with Crippen LogP contribution < -0.4 is 15.5 Å². The number of hydrazone groups is 1. The van der Waals surface area contributed by atoms with Crippen molar-refractivity contribution in [2.24, 2.45) is 5.10 Å². The Kier molecular flexibility index (Phi) is 5.53. The molecule has 6 heteroatoms. The average Bonchev–Trinajstić information content (AvgIpc) is 2.38. The lowest BCUT2D eigenvalue weighted by molar-refractivity contribution is -0.139. The summed E-state index contributed by atoms with van der Waals surface area (Å²) in [7, 11) is 1.56. The molecule has 6 nitrogen and oxygen atoms in total. The van der Waals surface area contributed by atoms with E-state index in [0.29, 0.717) is 5.75 Å². The Bertz CT molecular complexity index is 484. The number of carbonyl (C=O) groups is 2. The second-order valence-corrected chi connectivity index (χ2v) is 4.10. The molecule has 0 aromatic heterocycles. The molecule has 0 unspecified atom stereocenters. The highest BCUT2D eigenvalue weighted by atomic mass is 16.5. The maximum Gasteiger partial charge on any atom is 0.329 e. The SMILES string of the molecule is COc1cccc(/C=N/NC(=O)C(=O)NC(C)C)c1. The number of benzene rings is 1. The number of carbonyl (C=O) groups excluding carboxylic acids is 2. The maximum atomic E-state index is 11.3. The Balaban J connectivity index is 2.53. The molecule has 102 valence electrons. The van der Waals surface area contributed by atoms with Crippen molar-refractivity contribution in [3.05, 3.63) is 29.8 Å². The van der Waals surface area contributed by atoms with Crippen molar-refractivity contribution in [3.8, 4) is 5.75 Å². The molecule has 2 N–H and O–H groups in total. The minimum absolute atomic E-state index is 0.0967. The number of nitrogens with zero attached hydrogens (tertiary/aromatic N) is 1. The number of ether oxygens (including phenoxy) is 1. The van der Waals surface area contributed by atoms with Crippen LogP contribution >= 0.6 is 0 Å². The minimum Gasteiger partial charge on any atom is -0.497 e. The summed E-state index contributed by atoms with van der Waals surface area (Å²) in [5.41, 5.74) is 2.91. The number of amides is 2. The molecule has 0 aliphatic rings. The molecular weight excluding hydrogens is 246 g/mol. The van der Waals surface area contributed by atoms with Crippen LogP contribution in [0, 0.1) is 0 Å². The molecule has 19 heavy (non-hydrogen) atoms. The van der Waals surface area contributed by atoms with Crippen molar-refractivity contribution in [1.29, 1.82) is 0 Å². The molecule has 0 saturated carbocycles. The normalized spacial score (nSPS) is 10.5. The Labute approximate surface area is 111 Å². The fourth-order valence-corrected chi connectivity index (χ4v) is 1.27. The second kappa shape index (κ2) is 7.15. The summed E-state index contributed by atoms with van der Waals surface area (Å²) in [4.78, 5) is 22.6. The summed E-state index contributed by atoms with van der Waals surface area (Å²) in [6.45, 7) is 3.54. The number of nitrogens with one attached hydrogen (secondary N) is 2. The Morgan fingerprint density at radius 2 is 2.05 bits per heavy atom. The predicted octanol–water partition coefficient (Wildman–Crippen LogP) is 0.670. The standard InChI is InChI=1S/C13H17N3O3/c1-9(2)15-12(17)13(18)16-14-8-10-5-4-6-11(7-10)19-3/h4-9H,1-3H3,(H,15,17)(H,16,18)/b14-8+. The molecule has 0 bridgehead atoms. The van der Waals surface area contributed by atoms with Crippen molar-refractivity contribution in [2.45, 2.75) is 19.9 Å². The molecule has 0 saturated heterocycles. The van der Waals surface area contributed by atoms with Gasteiger partial charge in [-0.2, -0.15) is 5.10 Å². The van der Waals surface area contributed by atoms with Crippen molar-refractivity contribution < 1.29 is 14.3 Å². The predicted molar refractivity (Wildman–Crippen MR) is 72.0 cm³/mol. The van der Waals surface area contributed by atoms with E-state index in [2.05, 4.69) is 15.8 Å². The van der Waals surface area contributed by atoms with Crippen LogP contribution in [0.25, 0.3) is 0 Å². The largest absolute Gasteiger partial charge is 0.497 e. The Morgan fingerprint density at radius 1 is 1.32 bits per heavy atom. The molecule has 0 fully saturated rings. The van der Waals surface area contributed by atoms with Gasteiger partial charge >= 0.3 is 11.8 Å². The van der Waals surface area contributed by atoms with E-state index in [1.807, 2.05) is 0 Å². The lowest BCUT2D eigenvalue weighted by atomic mass is 10.2. The van der Waals surface area contributed by atoms with E-state index in [1.54, 1.807) is 45.2 Å². The molecule has 1 aromatic rings. The molecule has 0 heterocycles. The van der Waals surface area contributed by atoms with Gasteiger partial charge in [-0.25, -0.2) is 5.43 Å². The van der Waals surface area contributed by atoms with Crippen molar-refractivity contribution in [2.75, 3.05) is 7.11 Å². The van der Waals surface area contributed by atoms with E-state index >= 15 is 0 Å². The van der Waals surface area contributed by atoms with Crippen molar-refractivity contribution >= 4 is 18.0 Å². The highest BCUT2D eigenvalue weighted by Gasteiger charge is 2.12. The third-order valence-corrected chi connectivity index (χ3v) is 2.10. The lowest BCUT2D eigenvalue weighted by Gasteiger charge is -2.06. The first kappa shape index (κ1) is 14.7. The maximum absolute atomic E-state index is 11.3. The van der Waals surface area contributed by atoms with Gasteiger partial charge in [0.15, 0.2) is 0 Å². The van der Waals surface area contributed by atoms with Crippen LogP contribution in [0.4, 0.5) is 0 Å². The average molecular weight is 263 g/mol. The highest BCUT2D eigenvalue weighted by Crippen LogP contribution is 2.10. The van der Waals surface area contributed by atoms with Gasteiger partial charge in [0.05, 0.1) is 13.3 Å². The zero-order valence-electron chi connectivity index (χ0n) is 11.1. The molecule has 1 rings (SSSR count). The molecule has 0 atom stereocenters. The summed E-state index contributed by atoms with van der Waals surface area (Å²) >= 11 is 0. The van der Waals surface area contributed by atoms with E-state index in [-0.39, 0.29) is 6.04 Å². The van der Waals surface area contributed by atoms with E-state index < -0.39 is 11.8 Å². The molecule has 0 spiro atoms. The van der Waals surface area contributed by atoms with E-state index in [4.69, 9.17) is 4.74 Å². The van der Waals surface area contributed by atoms with Crippen LogP contribution in [-0.2, 0) is 9.59 Å². The molecule has 0 radical (unpaired) electrons. The van der Waals surface area contributed by atoms with Crippen molar-refractivity contribution in [1.82, 2.24) is 10.7 Å². The molecule has 2 amide bonds. The van der Waals surface area contributed by atoms with Crippen molar-refractivity contribution in [3.63, 3.8) is 0 Å². The first-order valence-corrected chi connectivity index (χ1v) is 5.81. The third kappa shape index (κ3) is 5.20. The molecule has 0 aliphatic carbocycles. The smallest absolute Gasteiger partial charge is 0.329 e. The fourth-order valence-electron chi connectivity index (χ4n) is 1.27. The Hall–Kier alpha value is -2.37. The van der Waals surface area contributed by atoms with Gasteiger partial charge in [0.1, 0.15) is 5.75 Å². The van der Waals surface area contributed by atoms with Gasteiger partial charge in [-0.15, -0.1) is 0 Å². The Morgan fingerprint density at radius 3 is 2.68 bits per heavy atom. The van der Waals surface area contributed by atoms with Crippen LogP contribution in [-0.4, -0.2) is 31.2 Å². The summed E-state index contributed by atoms with van der Waals surface area (Å²) in [6, 6.07) is 7.05. The molecule has 1 aromatic carbocycles. The summed E-state index contributed by atoms with van der Waals surface area (Å²) < 4.78 is 5.05. The molecule has 0 aliphatic heterocycles. The number of methoxy groups -OCH3 is 1. The van der Waals surface area contributed by atoms with Gasteiger partial charge in [-0.1, -0.05) is 12.1 Å². The van der Waals surface area contributed by atoms with Gasteiger partial charge in [-0.05, 0) is 31.5 Å². The van der Waals surface area contributed by atoms with Gasteiger partial charge in [0.25, 0.3) is 0 Å². The number of hydrogen-bond acceptors (Lipinski definition) is 4. The molecular formula is C13H17N3O3. The van der Waals surface area contributed by atoms with E-state index in [0.717, 1.165) is 5.56 Å². The van der Waals surface area contributed by atoms with Crippen LogP contribution in [0.2, 0.25) is 0 Å². The number of hydrogen-bond donors (Lipinski definition) is 2. The van der Waals surface area contributed by atoms with Crippen LogP contribution in [0.3, 0.4) is 0 Å². The zero-order valence-corrected chi connectivity index (χ0v) is 11.1. The van der Waals surface area contributed by atoms with Gasteiger partial charge in [-0.3, -0.25) is 9.59 Å². The van der Waals surface area contributed by atoms with E-state index in [9.17, 15) is 9.59 Å². The fraction of sp³-hybridized carbons (Fsp3) is 0.308.